The SMILES string of the molecule is CC(CBr)CO[Si](C(C)C)(C(C)C)C(C)C. The molecule has 1 atom stereocenters. The van der Waals surface area contributed by atoms with E-state index in [1.54, 1.807) is 0 Å². The summed E-state index contributed by atoms with van der Waals surface area (Å²) in [5.41, 5.74) is 2.07. The van der Waals surface area contributed by atoms with Gasteiger partial charge in [-0.3, -0.25) is 0 Å². The van der Waals surface area contributed by atoms with Crippen molar-refractivity contribution >= 4 is 24.2 Å². The highest BCUT2D eigenvalue weighted by Gasteiger charge is 2.45. The third-order valence-corrected chi connectivity index (χ3v) is 10.8. The third kappa shape index (κ3) is 3.85. The molecule has 1 nitrogen and oxygen atoms in total. The molecule has 0 aliphatic heterocycles. The fraction of sp³-hybridized carbons (Fsp3) is 1.00. The maximum atomic E-state index is 6.48. The lowest BCUT2D eigenvalue weighted by Crippen LogP contribution is -2.48. The monoisotopic (exact) mass is 308 g/mol. The molecule has 0 aromatic rings. The summed E-state index contributed by atoms with van der Waals surface area (Å²) in [7, 11) is -1.63. The number of hydrogen-bond acceptors (Lipinski definition) is 1. The van der Waals surface area contributed by atoms with E-state index in [1.165, 1.54) is 0 Å². The molecule has 0 spiro atoms. The van der Waals surface area contributed by atoms with Crippen molar-refractivity contribution in [3.05, 3.63) is 0 Å². The first-order chi connectivity index (χ1) is 7.28. The van der Waals surface area contributed by atoms with Crippen molar-refractivity contribution < 1.29 is 4.43 Å². The normalized spacial score (nSPS) is 15.2. The Bertz CT molecular complexity index is 171. The van der Waals surface area contributed by atoms with Crippen molar-refractivity contribution in [2.75, 3.05) is 11.9 Å². The number of rotatable bonds is 7. The lowest BCUT2D eigenvalue weighted by atomic mass is 10.2. The molecular weight excluding hydrogens is 280 g/mol. The first-order valence-corrected chi connectivity index (χ1v) is 9.75. The largest absolute Gasteiger partial charge is 0.416 e. The molecule has 0 amide bonds. The first-order valence-electron chi connectivity index (χ1n) is 6.48. The molecule has 0 aromatic heterocycles. The molecule has 0 bridgehead atoms. The molecule has 0 radical (unpaired) electrons. The molecule has 0 N–H and O–H groups in total. The van der Waals surface area contributed by atoms with Crippen LogP contribution in [0.2, 0.25) is 16.6 Å². The van der Waals surface area contributed by atoms with E-state index in [4.69, 9.17) is 4.43 Å². The average Bonchev–Trinajstić information content (AvgIpc) is 2.16. The molecule has 3 heteroatoms. The van der Waals surface area contributed by atoms with Crippen LogP contribution < -0.4 is 0 Å². The smallest absolute Gasteiger partial charge is 0.200 e. The molecular formula is C13H29BrOSi. The van der Waals surface area contributed by atoms with Crippen LogP contribution in [0.4, 0.5) is 0 Å². The summed E-state index contributed by atoms with van der Waals surface area (Å²) in [4.78, 5) is 0. The predicted octanol–water partition coefficient (Wildman–Crippen LogP) is 5.21. The Morgan fingerprint density at radius 1 is 0.875 bits per heavy atom. The maximum Gasteiger partial charge on any atom is 0.200 e. The van der Waals surface area contributed by atoms with Gasteiger partial charge in [0.25, 0.3) is 0 Å². The standard InChI is InChI=1S/C13H29BrOSi/c1-10(2)16(11(3)4,12(5)6)15-9-13(7)8-14/h10-13H,8-9H2,1-7H3. The highest BCUT2D eigenvalue weighted by molar-refractivity contribution is 9.09. The van der Waals surface area contributed by atoms with Crippen LogP contribution in [0.5, 0.6) is 0 Å². The average molecular weight is 309 g/mol. The zero-order chi connectivity index (χ0) is 12.9. The number of hydrogen-bond donors (Lipinski definition) is 0. The Morgan fingerprint density at radius 2 is 1.25 bits per heavy atom. The third-order valence-electron chi connectivity index (χ3n) is 3.59. The second-order valence-electron chi connectivity index (χ2n) is 5.89. The molecule has 16 heavy (non-hydrogen) atoms. The lowest BCUT2D eigenvalue weighted by Gasteiger charge is -2.42. The Morgan fingerprint density at radius 3 is 1.50 bits per heavy atom. The van der Waals surface area contributed by atoms with Gasteiger partial charge in [-0.05, 0) is 22.5 Å². The summed E-state index contributed by atoms with van der Waals surface area (Å²) in [6.07, 6.45) is 0. The number of alkyl halides is 1. The van der Waals surface area contributed by atoms with Crippen molar-refractivity contribution in [1.82, 2.24) is 0 Å². The van der Waals surface area contributed by atoms with E-state index in [2.05, 4.69) is 64.4 Å². The van der Waals surface area contributed by atoms with Crippen molar-refractivity contribution in [2.24, 2.45) is 5.92 Å². The van der Waals surface area contributed by atoms with Gasteiger partial charge in [0.1, 0.15) is 0 Å². The molecule has 98 valence electrons. The fourth-order valence-electron chi connectivity index (χ4n) is 2.83. The van der Waals surface area contributed by atoms with Crippen LogP contribution in [0.25, 0.3) is 0 Å². The van der Waals surface area contributed by atoms with E-state index in [-0.39, 0.29) is 0 Å². The van der Waals surface area contributed by atoms with Gasteiger partial charge in [-0.15, -0.1) is 0 Å². The van der Waals surface area contributed by atoms with Crippen LogP contribution in [0.1, 0.15) is 48.5 Å². The number of halogens is 1. The van der Waals surface area contributed by atoms with Crippen molar-refractivity contribution in [1.29, 1.82) is 0 Å². The summed E-state index contributed by atoms with van der Waals surface area (Å²) in [5, 5.41) is 1.03. The van der Waals surface area contributed by atoms with E-state index in [0.29, 0.717) is 22.5 Å². The van der Waals surface area contributed by atoms with Gasteiger partial charge in [0.05, 0.1) is 0 Å². The van der Waals surface area contributed by atoms with Gasteiger partial charge < -0.3 is 4.43 Å². The van der Waals surface area contributed by atoms with Crippen LogP contribution in [-0.4, -0.2) is 20.3 Å². The molecule has 0 saturated heterocycles. The van der Waals surface area contributed by atoms with Gasteiger partial charge in [-0.1, -0.05) is 64.4 Å². The molecule has 0 aromatic carbocycles. The summed E-state index contributed by atoms with van der Waals surface area (Å²) in [6, 6.07) is 0. The van der Waals surface area contributed by atoms with Crippen LogP contribution in [0, 0.1) is 5.92 Å². The summed E-state index contributed by atoms with van der Waals surface area (Å²) >= 11 is 3.53. The van der Waals surface area contributed by atoms with Crippen molar-refractivity contribution in [2.45, 2.75) is 65.1 Å². The van der Waals surface area contributed by atoms with E-state index < -0.39 is 8.32 Å². The van der Waals surface area contributed by atoms with Gasteiger partial charge in [0.2, 0.25) is 0 Å². The zero-order valence-electron chi connectivity index (χ0n) is 12.0. The molecule has 0 aliphatic carbocycles. The zero-order valence-corrected chi connectivity index (χ0v) is 14.6. The van der Waals surface area contributed by atoms with E-state index in [0.717, 1.165) is 11.9 Å². The second kappa shape index (κ2) is 7.17. The molecule has 0 rings (SSSR count). The maximum absolute atomic E-state index is 6.48. The van der Waals surface area contributed by atoms with Crippen LogP contribution in [0.15, 0.2) is 0 Å². The predicted molar refractivity (Wildman–Crippen MR) is 80.0 cm³/mol. The second-order valence-corrected chi connectivity index (χ2v) is 12.0. The van der Waals surface area contributed by atoms with Gasteiger partial charge in [0.15, 0.2) is 8.32 Å². The van der Waals surface area contributed by atoms with E-state index in [9.17, 15) is 0 Å². The molecule has 0 fully saturated rings. The highest BCUT2D eigenvalue weighted by atomic mass is 79.9. The van der Waals surface area contributed by atoms with Crippen molar-refractivity contribution in [3.8, 4) is 0 Å². The lowest BCUT2D eigenvalue weighted by molar-refractivity contribution is 0.241. The van der Waals surface area contributed by atoms with Crippen LogP contribution >= 0.6 is 15.9 Å². The van der Waals surface area contributed by atoms with Gasteiger partial charge >= 0.3 is 0 Å². The van der Waals surface area contributed by atoms with E-state index >= 15 is 0 Å². The summed E-state index contributed by atoms with van der Waals surface area (Å²) in [5.74, 6) is 0.614. The summed E-state index contributed by atoms with van der Waals surface area (Å²) < 4.78 is 6.48. The minimum Gasteiger partial charge on any atom is -0.416 e. The molecule has 0 aliphatic rings. The topological polar surface area (TPSA) is 9.23 Å². The highest BCUT2D eigenvalue weighted by Crippen LogP contribution is 2.42. The summed E-state index contributed by atoms with van der Waals surface area (Å²) in [6.45, 7) is 17.2. The fourth-order valence-corrected chi connectivity index (χ4v) is 8.59. The van der Waals surface area contributed by atoms with Gasteiger partial charge in [0, 0.05) is 11.9 Å². The molecule has 0 heterocycles. The van der Waals surface area contributed by atoms with Crippen LogP contribution in [0.3, 0.4) is 0 Å². The minimum atomic E-state index is -1.63. The van der Waals surface area contributed by atoms with Gasteiger partial charge in [-0.2, -0.15) is 0 Å². The molecule has 0 saturated carbocycles. The quantitative estimate of drug-likeness (QED) is 0.463. The Hall–Kier alpha value is 0.657. The molecule has 1 unspecified atom stereocenters. The van der Waals surface area contributed by atoms with Gasteiger partial charge in [-0.25, -0.2) is 0 Å². The van der Waals surface area contributed by atoms with E-state index in [1.807, 2.05) is 0 Å². The Labute approximate surface area is 112 Å². The Balaban J connectivity index is 4.77. The minimum absolute atomic E-state index is 0.614. The van der Waals surface area contributed by atoms with Crippen molar-refractivity contribution in [3.63, 3.8) is 0 Å². The van der Waals surface area contributed by atoms with Crippen LogP contribution in [-0.2, 0) is 4.43 Å². The Kier molecular flexibility index (Phi) is 7.47. The first kappa shape index (κ1) is 16.7.